The molecular weight excluding hydrogens is 524 g/mol. The van der Waals surface area contributed by atoms with Crippen LogP contribution in [0.25, 0.3) is 0 Å². The average molecular weight is 562 g/mol. The molecular formula is C29H37F2N3O4S. The number of hydrogen-bond donors (Lipinski definition) is 2. The number of rotatable bonds is 8. The van der Waals surface area contributed by atoms with Crippen molar-refractivity contribution >= 4 is 21.6 Å². The number of hydrogen-bond acceptors (Lipinski definition) is 5. The maximum Gasteiger partial charge on any atom is 0.225 e. The summed E-state index contributed by atoms with van der Waals surface area (Å²) in [6.45, 7) is 1.60. The first-order valence-electron chi connectivity index (χ1n) is 14.0. The zero-order chi connectivity index (χ0) is 27.4. The van der Waals surface area contributed by atoms with Gasteiger partial charge in [0.05, 0.1) is 11.9 Å². The first kappa shape index (κ1) is 28.1. The lowest BCUT2D eigenvalue weighted by Gasteiger charge is -2.37. The Kier molecular flexibility index (Phi) is 8.96. The zero-order valence-electron chi connectivity index (χ0n) is 22.1. The van der Waals surface area contributed by atoms with Gasteiger partial charge < -0.3 is 15.4 Å². The van der Waals surface area contributed by atoms with Crippen LogP contribution in [-0.2, 0) is 26.0 Å². The molecule has 212 valence electrons. The molecule has 10 heteroatoms. The molecule has 1 amide bonds. The molecule has 3 heterocycles. The summed E-state index contributed by atoms with van der Waals surface area (Å²) in [5.74, 6) is -1.16. The van der Waals surface area contributed by atoms with Crippen LogP contribution in [0, 0.1) is 11.6 Å². The number of carbonyl (C=O) groups is 1. The normalized spacial score (nSPS) is 27.3. The van der Waals surface area contributed by atoms with E-state index in [1.807, 2.05) is 0 Å². The second kappa shape index (κ2) is 12.4. The van der Waals surface area contributed by atoms with Crippen LogP contribution in [-0.4, -0.2) is 62.3 Å². The highest BCUT2D eigenvalue weighted by molar-refractivity contribution is 7.89. The number of nitrogens with zero attached hydrogens (tertiary/aromatic N) is 1. The largest absolute Gasteiger partial charge is 0.378 e. The van der Waals surface area contributed by atoms with Crippen molar-refractivity contribution in [1.82, 2.24) is 9.62 Å². The summed E-state index contributed by atoms with van der Waals surface area (Å²) in [6.07, 6.45) is 4.95. The van der Waals surface area contributed by atoms with Crippen LogP contribution in [0.2, 0.25) is 0 Å². The number of piperazine rings is 1. The minimum absolute atomic E-state index is 0.117. The molecule has 5 atom stereocenters. The molecule has 2 aromatic carbocycles. The number of nitrogens with one attached hydrogen (secondary N) is 2. The Morgan fingerprint density at radius 3 is 2.69 bits per heavy atom. The lowest BCUT2D eigenvalue weighted by atomic mass is 9.86. The van der Waals surface area contributed by atoms with Gasteiger partial charge in [-0.05, 0) is 74.8 Å². The van der Waals surface area contributed by atoms with Crippen molar-refractivity contribution < 1.29 is 26.7 Å². The standard InChI is InChI=1S/C29H37F2N3O4S/c30-21-11-9-20(10-12-21)25(28-8-1-2-15-38-28)17-29(35)33-27-7-3-6-26(31)24(27)14-13-23-18-32-22-5-4-16-39(36,37)34(23)19-22/h3,6-7,9-12,22-23,25,28,32H,1-2,4-5,8,13-19H2,(H,33,35)/t22-,23+,25-,28?/m1/s1. The van der Waals surface area contributed by atoms with Crippen molar-refractivity contribution in [2.45, 2.75) is 75.5 Å². The first-order valence-corrected chi connectivity index (χ1v) is 15.6. The third-order valence-corrected chi connectivity index (χ3v) is 10.2. The highest BCUT2D eigenvalue weighted by Crippen LogP contribution is 2.33. The maximum atomic E-state index is 15.0. The molecule has 2 N–H and O–H groups in total. The van der Waals surface area contributed by atoms with Gasteiger partial charge >= 0.3 is 0 Å². The van der Waals surface area contributed by atoms with Gasteiger partial charge in [-0.2, -0.15) is 4.31 Å². The summed E-state index contributed by atoms with van der Waals surface area (Å²) in [5.41, 5.74) is 1.59. The molecule has 3 aliphatic rings. The third kappa shape index (κ3) is 6.85. The van der Waals surface area contributed by atoms with Crippen molar-refractivity contribution in [2.24, 2.45) is 0 Å². The van der Waals surface area contributed by atoms with E-state index >= 15 is 4.39 Å². The highest BCUT2D eigenvalue weighted by Gasteiger charge is 2.38. The second-order valence-electron chi connectivity index (χ2n) is 10.9. The van der Waals surface area contributed by atoms with Gasteiger partial charge in [0.25, 0.3) is 0 Å². The van der Waals surface area contributed by atoms with Crippen molar-refractivity contribution in [3.8, 4) is 0 Å². The smallest absolute Gasteiger partial charge is 0.225 e. The number of benzene rings is 2. The van der Waals surface area contributed by atoms with Crippen LogP contribution in [0.5, 0.6) is 0 Å². The van der Waals surface area contributed by atoms with Crippen molar-refractivity contribution in [3.63, 3.8) is 0 Å². The molecule has 39 heavy (non-hydrogen) atoms. The molecule has 2 bridgehead atoms. The van der Waals surface area contributed by atoms with Crippen LogP contribution in [0.4, 0.5) is 14.5 Å². The lowest BCUT2D eigenvalue weighted by Crippen LogP contribution is -2.57. The molecule has 2 aromatic rings. The number of fused-ring (bicyclic) bond motifs is 2. The topological polar surface area (TPSA) is 87.7 Å². The van der Waals surface area contributed by atoms with Crippen LogP contribution in [0.3, 0.4) is 0 Å². The van der Waals surface area contributed by atoms with Crippen molar-refractivity contribution in [2.75, 3.05) is 30.8 Å². The Morgan fingerprint density at radius 2 is 1.92 bits per heavy atom. The Morgan fingerprint density at radius 1 is 1.10 bits per heavy atom. The van der Waals surface area contributed by atoms with Crippen molar-refractivity contribution in [1.29, 1.82) is 0 Å². The predicted molar refractivity (Wildman–Crippen MR) is 146 cm³/mol. The summed E-state index contributed by atoms with van der Waals surface area (Å²) in [4.78, 5) is 13.3. The molecule has 3 saturated heterocycles. The van der Waals surface area contributed by atoms with Gasteiger partial charge in [0.2, 0.25) is 15.9 Å². The van der Waals surface area contributed by atoms with Gasteiger partial charge in [-0.1, -0.05) is 18.2 Å². The second-order valence-corrected chi connectivity index (χ2v) is 12.9. The number of sulfonamides is 1. The molecule has 5 rings (SSSR count). The van der Waals surface area contributed by atoms with E-state index in [0.717, 1.165) is 31.2 Å². The fourth-order valence-electron chi connectivity index (χ4n) is 6.14. The maximum absolute atomic E-state index is 15.0. The third-order valence-electron chi connectivity index (χ3n) is 8.25. The minimum atomic E-state index is -3.34. The summed E-state index contributed by atoms with van der Waals surface area (Å²) >= 11 is 0. The van der Waals surface area contributed by atoms with Crippen LogP contribution in [0.1, 0.15) is 62.0 Å². The van der Waals surface area contributed by atoms with Gasteiger partial charge in [-0.25, -0.2) is 17.2 Å². The number of amides is 1. The van der Waals surface area contributed by atoms with Crippen LogP contribution in [0.15, 0.2) is 42.5 Å². The first-order chi connectivity index (χ1) is 18.8. The summed E-state index contributed by atoms with van der Waals surface area (Å²) in [6, 6.07) is 10.7. The summed E-state index contributed by atoms with van der Waals surface area (Å²) in [7, 11) is -3.34. The predicted octanol–water partition coefficient (Wildman–Crippen LogP) is 4.34. The van der Waals surface area contributed by atoms with Gasteiger partial charge in [-0.15, -0.1) is 0 Å². The number of ether oxygens (including phenoxy) is 1. The van der Waals surface area contributed by atoms with E-state index in [9.17, 15) is 17.6 Å². The van der Waals surface area contributed by atoms with E-state index in [1.54, 1.807) is 28.6 Å². The van der Waals surface area contributed by atoms with E-state index < -0.39 is 15.8 Å². The zero-order valence-corrected chi connectivity index (χ0v) is 22.9. The highest BCUT2D eigenvalue weighted by atomic mass is 32.2. The number of carbonyl (C=O) groups excluding carboxylic acids is 1. The Bertz CT molecular complexity index is 1250. The summed E-state index contributed by atoms with van der Waals surface area (Å²) < 4.78 is 61.8. The molecule has 2 unspecified atom stereocenters. The molecule has 7 nitrogen and oxygen atoms in total. The van der Waals surface area contributed by atoms with Crippen LogP contribution >= 0.6 is 0 Å². The van der Waals surface area contributed by atoms with E-state index in [0.29, 0.717) is 50.2 Å². The Balaban J connectivity index is 1.29. The molecule has 0 spiro atoms. The van der Waals surface area contributed by atoms with Crippen LogP contribution < -0.4 is 10.6 Å². The number of halogens is 2. The average Bonchev–Trinajstić information content (AvgIpc) is 3.04. The Hall–Kier alpha value is -2.40. The molecule has 0 saturated carbocycles. The molecule has 3 fully saturated rings. The van der Waals surface area contributed by atoms with Gasteiger partial charge in [0.1, 0.15) is 11.6 Å². The van der Waals surface area contributed by atoms with E-state index in [4.69, 9.17) is 4.74 Å². The number of anilines is 1. The lowest BCUT2D eigenvalue weighted by molar-refractivity contribution is -0.117. The van der Waals surface area contributed by atoms with E-state index in [2.05, 4.69) is 10.6 Å². The minimum Gasteiger partial charge on any atom is -0.378 e. The molecule has 3 aliphatic heterocycles. The van der Waals surface area contributed by atoms with Gasteiger partial charge in [-0.3, -0.25) is 4.79 Å². The molecule has 0 aliphatic carbocycles. The van der Waals surface area contributed by atoms with Gasteiger partial charge in [0, 0.05) is 55.4 Å². The fourth-order valence-corrected chi connectivity index (χ4v) is 7.95. The van der Waals surface area contributed by atoms with Gasteiger partial charge in [0.15, 0.2) is 0 Å². The SMILES string of the molecule is O=C(C[C@H](c1ccc(F)cc1)C1CCCCO1)Nc1cccc(F)c1CC[C@H]1CN[C@@H]2CCCS(=O)(=O)N1C2. The van der Waals surface area contributed by atoms with E-state index in [1.165, 1.54) is 18.2 Å². The molecule has 0 radical (unpaired) electrons. The molecule has 0 aromatic heterocycles. The quantitative estimate of drug-likeness (QED) is 0.501. The summed E-state index contributed by atoms with van der Waals surface area (Å²) in [5, 5.41) is 6.35. The van der Waals surface area contributed by atoms with Crippen molar-refractivity contribution in [3.05, 3.63) is 65.2 Å². The Labute approximate surface area is 229 Å². The fraction of sp³-hybridized carbons (Fsp3) is 0.552. The monoisotopic (exact) mass is 561 g/mol. The van der Waals surface area contributed by atoms with E-state index in [-0.39, 0.29) is 48.0 Å².